The summed E-state index contributed by atoms with van der Waals surface area (Å²) in [6, 6.07) is 5.70. The van der Waals surface area contributed by atoms with Crippen molar-refractivity contribution in [3.63, 3.8) is 0 Å². The minimum Gasteiger partial charge on any atom is -0.357 e. The minimum atomic E-state index is -2.90. The van der Waals surface area contributed by atoms with Crippen LogP contribution in [0.2, 0.25) is 0 Å². The van der Waals surface area contributed by atoms with E-state index in [2.05, 4.69) is 20.6 Å². The molecule has 20 heavy (non-hydrogen) atoms. The second-order valence-electron chi connectivity index (χ2n) is 4.43. The average molecular weight is 298 g/mol. The molecule has 1 aromatic heterocycles. The van der Waals surface area contributed by atoms with Crippen LogP contribution in [0.5, 0.6) is 0 Å². The monoisotopic (exact) mass is 298 g/mol. The van der Waals surface area contributed by atoms with Gasteiger partial charge in [-0.15, -0.1) is 0 Å². The summed E-state index contributed by atoms with van der Waals surface area (Å²) in [6.45, 7) is 3.79. The Morgan fingerprint density at radius 2 is 2.15 bits per heavy atom. The SMILES string of the molecule is CCNC(=NCc1ccccn1)NCCCS(C)(=O)=O. The number of aromatic nitrogens is 1. The minimum absolute atomic E-state index is 0.180. The number of aliphatic imine (C=N–C) groups is 1. The van der Waals surface area contributed by atoms with Crippen LogP contribution in [0, 0.1) is 0 Å². The van der Waals surface area contributed by atoms with Gasteiger partial charge >= 0.3 is 0 Å². The maximum absolute atomic E-state index is 11.0. The van der Waals surface area contributed by atoms with E-state index in [1.807, 2.05) is 25.1 Å². The van der Waals surface area contributed by atoms with Crippen LogP contribution >= 0.6 is 0 Å². The van der Waals surface area contributed by atoms with E-state index in [1.165, 1.54) is 6.26 Å². The first-order chi connectivity index (χ1) is 9.51. The zero-order valence-electron chi connectivity index (χ0n) is 12.0. The summed E-state index contributed by atoms with van der Waals surface area (Å²) in [7, 11) is -2.90. The Kier molecular flexibility index (Phi) is 7.00. The molecule has 1 rings (SSSR count). The van der Waals surface area contributed by atoms with Gasteiger partial charge in [-0.2, -0.15) is 0 Å². The fourth-order valence-electron chi connectivity index (χ4n) is 1.53. The van der Waals surface area contributed by atoms with Crippen molar-refractivity contribution in [2.45, 2.75) is 19.9 Å². The van der Waals surface area contributed by atoms with Crippen molar-refractivity contribution >= 4 is 15.8 Å². The number of nitrogens with one attached hydrogen (secondary N) is 2. The Hall–Kier alpha value is -1.63. The number of hydrogen-bond acceptors (Lipinski definition) is 4. The van der Waals surface area contributed by atoms with Crippen LogP contribution in [0.4, 0.5) is 0 Å². The molecule has 0 aromatic carbocycles. The molecule has 0 atom stereocenters. The zero-order chi connectivity index (χ0) is 14.8. The molecule has 112 valence electrons. The highest BCUT2D eigenvalue weighted by Crippen LogP contribution is 1.95. The zero-order valence-corrected chi connectivity index (χ0v) is 12.8. The molecule has 0 bridgehead atoms. The van der Waals surface area contributed by atoms with Crippen LogP contribution in [0.3, 0.4) is 0 Å². The van der Waals surface area contributed by atoms with Crippen molar-refractivity contribution in [1.82, 2.24) is 15.6 Å². The molecule has 1 aromatic rings. The summed E-state index contributed by atoms with van der Waals surface area (Å²) >= 11 is 0. The van der Waals surface area contributed by atoms with Crippen molar-refractivity contribution in [2.24, 2.45) is 4.99 Å². The van der Waals surface area contributed by atoms with Gasteiger partial charge in [-0.25, -0.2) is 13.4 Å². The van der Waals surface area contributed by atoms with E-state index >= 15 is 0 Å². The lowest BCUT2D eigenvalue weighted by atomic mass is 10.3. The molecule has 0 unspecified atom stereocenters. The topological polar surface area (TPSA) is 83.4 Å². The third-order valence-electron chi connectivity index (χ3n) is 2.45. The van der Waals surface area contributed by atoms with E-state index < -0.39 is 9.84 Å². The first-order valence-electron chi connectivity index (χ1n) is 6.61. The second kappa shape index (κ2) is 8.52. The Morgan fingerprint density at radius 3 is 2.75 bits per heavy atom. The highest BCUT2D eigenvalue weighted by Gasteiger charge is 2.02. The summed E-state index contributed by atoms with van der Waals surface area (Å²) < 4.78 is 22.1. The van der Waals surface area contributed by atoms with Crippen LogP contribution in [-0.4, -0.2) is 44.5 Å². The van der Waals surface area contributed by atoms with Crippen molar-refractivity contribution in [2.75, 3.05) is 25.1 Å². The Labute approximate surface area is 120 Å². The van der Waals surface area contributed by atoms with Crippen LogP contribution in [0.1, 0.15) is 19.0 Å². The van der Waals surface area contributed by atoms with Gasteiger partial charge in [-0.1, -0.05) is 6.07 Å². The standard InChI is InChI=1S/C13H22N4O2S/c1-3-14-13(16-9-6-10-20(2,18)19)17-11-12-7-4-5-8-15-12/h4-5,7-8H,3,6,9-11H2,1-2H3,(H2,14,16,17). The smallest absolute Gasteiger partial charge is 0.191 e. The number of rotatable bonds is 7. The van der Waals surface area contributed by atoms with Gasteiger partial charge in [0.15, 0.2) is 5.96 Å². The lowest BCUT2D eigenvalue weighted by Gasteiger charge is -2.10. The van der Waals surface area contributed by atoms with Gasteiger partial charge in [0.05, 0.1) is 18.0 Å². The molecule has 7 heteroatoms. The van der Waals surface area contributed by atoms with Gasteiger partial charge in [-0.05, 0) is 25.5 Å². The van der Waals surface area contributed by atoms with Crippen LogP contribution < -0.4 is 10.6 Å². The molecule has 0 spiro atoms. The lowest BCUT2D eigenvalue weighted by molar-refractivity contribution is 0.598. The molecule has 1 heterocycles. The largest absolute Gasteiger partial charge is 0.357 e. The third kappa shape index (κ3) is 7.73. The molecular formula is C13H22N4O2S. The van der Waals surface area contributed by atoms with Gasteiger partial charge in [-0.3, -0.25) is 4.98 Å². The van der Waals surface area contributed by atoms with E-state index in [9.17, 15) is 8.42 Å². The Balaban J connectivity index is 2.43. The van der Waals surface area contributed by atoms with Crippen molar-refractivity contribution in [1.29, 1.82) is 0 Å². The molecule has 2 N–H and O–H groups in total. The summed E-state index contributed by atoms with van der Waals surface area (Å²) in [5.74, 6) is 0.853. The van der Waals surface area contributed by atoms with E-state index in [-0.39, 0.29) is 5.75 Å². The van der Waals surface area contributed by atoms with Crippen molar-refractivity contribution < 1.29 is 8.42 Å². The van der Waals surface area contributed by atoms with Gasteiger partial charge in [0.1, 0.15) is 9.84 Å². The van der Waals surface area contributed by atoms with Gasteiger partial charge in [0.2, 0.25) is 0 Å². The average Bonchev–Trinajstić information content (AvgIpc) is 2.41. The predicted molar refractivity (Wildman–Crippen MR) is 81.4 cm³/mol. The van der Waals surface area contributed by atoms with Crippen molar-refractivity contribution in [3.8, 4) is 0 Å². The molecule has 0 saturated heterocycles. The number of hydrogen-bond donors (Lipinski definition) is 2. The first kappa shape index (κ1) is 16.4. The summed E-state index contributed by atoms with van der Waals surface area (Å²) in [5, 5.41) is 6.22. The summed E-state index contributed by atoms with van der Waals surface area (Å²) in [4.78, 5) is 8.60. The first-order valence-corrected chi connectivity index (χ1v) is 8.67. The quantitative estimate of drug-likeness (QED) is 0.437. The van der Waals surface area contributed by atoms with Crippen LogP contribution in [0.25, 0.3) is 0 Å². The van der Waals surface area contributed by atoms with Gasteiger partial charge in [0, 0.05) is 25.5 Å². The molecule has 0 saturated carbocycles. The normalized spacial score (nSPS) is 12.2. The fourth-order valence-corrected chi connectivity index (χ4v) is 2.20. The maximum Gasteiger partial charge on any atom is 0.191 e. The van der Waals surface area contributed by atoms with Crippen molar-refractivity contribution in [3.05, 3.63) is 30.1 Å². The van der Waals surface area contributed by atoms with Gasteiger partial charge < -0.3 is 10.6 Å². The predicted octanol–water partition coefficient (Wildman–Crippen LogP) is 0.571. The van der Waals surface area contributed by atoms with Crippen LogP contribution in [0.15, 0.2) is 29.4 Å². The highest BCUT2D eigenvalue weighted by atomic mass is 32.2. The van der Waals surface area contributed by atoms with E-state index in [0.29, 0.717) is 25.5 Å². The van der Waals surface area contributed by atoms with E-state index in [1.54, 1.807) is 6.20 Å². The summed E-state index contributed by atoms with van der Waals surface area (Å²) in [5.41, 5.74) is 0.890. The van der Waals surface area contributed by atoms with Gasteiger partial charge in [0.25, 0.3) is 0 Å². The van der Waals surface area contributed by atoms with E-state index in [0.717, 1.165) is 12.2 Å². The molecule has 6 nitrogen and oxygen atoms in total. The van der Waals surface area contributed by atoms with E-state index in [4.69, 9.17) is 0 Å². The molecule has 0 radical (unpaired) electrons. The lowest BCUT2D eigenvalue weighted by Crippen LogP contribution is -2.38. The molecule has 0 amide bonds. The Morgan fingerprint density at radius 1 is 1.35 bits per heavy atom. The number of sulfone groups is 1. The molecular weight excluding hydrogens is 276 g/mol. The Bertz CT molecular complexity index is 514. The number of guanidine groups is 1. The number of pyridine rings is 1. The molecule has 0 fully saturated rings. The fraction of sp³-hybridized carbons (Fsp3) is 0.538. The number of nitrogens with zero attached hydrogens (tertiary/aromatic N) is 2. The summed E-state index contributed by atoms with van der Waals surface area (Å²) in [6.07, 6.45) is 3.54. The van der Waals surface area contributed by atoms with Crippen LogP contribution in [-0.2, 0) is 16.4 Å². The highest BCUT2D eigenvalue weighted by molar-refractivity contribution is 7.90. The third-order valence-corrected chi connectivity index (χ3v) is 3.48. The maximum atomic E-state index is 11.0. The molecule has 0 aliphatic carbocycles. The second-order valence-corrected chi connectivity index (χ2v) is 6.69. The molecule has 0 aliphatic rings. The molecule has 0 aliphatic heterocycles.